The topological polar surface area (TPSA) is 21.3 Å². The standard InChI is InChI=1S/C17H25BrClNO/c1-3-21-17(9-5-4-6-10-17)16(20-2)11-13-7-8-14(18)12-15(13)19/h7-8,12,16,20H,3-6,9-11H2,1-2H3. The van der Waals surface area contributed by atoms with Crippen molar-refractivity contribution in [3.8, 4) is 0 Å². The van der Waals surface area contributed by atoms with E-state index in [2.05, 4.69) is 40.3 Å². The van der Waals surface area contributed by atoms with E-state index in [1.54, 1.807) is 0 Å². The van der Waals surface area contributed by atoms with Gasteiger partial charge in [0.25, 0.3) is 0 Å². The summed E-state index contributed by atoms with van der Waals surface area (Å²) in [5.74, 6) is 0. The molecule has 1 aromatic rings. The predicted octanol–water partition coefficient (Wildman–Crippen LogP) is 4.97. The number of likely N-dealkylation sites (N-methyl/N-ethyl adjacent to an activating group) is 1. The quantitative estimate of drug-likeness (QED) is 0.759. The molecule has 2 rings (SSSR count). The second kappa shape index (κ2) is 7.96. The zero-order valence-corrected chi connectivity index (χ0v) is 15.3. The zero-order valence-electron chi connectivity index (χ0n) is 12.9. The molecule has 0 aliphatic heterocycles. The van der Waals surface area contributed by atoms with E-state index in [-0.39, 0.29) is 5.60 Å². The molecular formula is C17H25BrClNO. The van der Waals surface area contributed by atoms with Gasteiger partial charge in [-0.3, -0.25) is 0 Å². The summed E-state index contributed by atoms with van der Waals surface area (Å²) < 4.78 is 7.27. The van der Waals surface area contributed by atoms with E-state index in [0.717, 1.165) is 35.4 Å². The Bertz CT molecular complexity index is 455. The highest BCUT2D eigenvalue weighted by atomic mass is 79.9. The first kappa shape index (κ1) is 17.3. The molecule has 0 aromatic heterocycles. The number of ether oxygens (including phenoxy) is 1. The SMILES string of the molecule is CCOC1(C(Cc2ccc(Br)cc2Cl)NC)CCCCC1. The fourth-order valence-corrected chi connectivity index (χ4v) is 4.24. The lowest BCUT2D eigenvalue weighted by molar-refractivity contribution is -0.0883. The van der Waals surface area contributed by atoms with E-state index < -0.39 is 0 Å². The van der Waals surface area contributed by atoms with Gasteiger partial charge in [-0.05, 0) is 50.9 Å². The van der Waals surface area contributed by atoms with Crippen LogP contribution >= 0.6 is 27.5 Å². The first-order valence-electron chi connectivity index (χ1n) is 7.86. The summed E-state index contributed by atoms with van der Waals surface area (Å²) in [6.45, 7) is 2.86. The highest BCUT2D eigenvalue weighted by molar-refractivity contribution is 9.10. The molecule has 0 radical (unpaired) electrons. The summed E-state index contributed by atoms with van der Waals surface area (Å²) in [7, 11) is 2.03. The van der Waals surface area contributed by atoms with Gasteiger partial charge in [0.05, 0.1) is 5.60 Å². The molecule has 1 aromatic carbocycles. The summed E-state index contributed by atoms with van der Waals surface area (Å²) in [6.07, 6.45) is 7.02. The number of halogens is 2. The molecule has 1 aliphatic carbocycles. The van der Waals surface area contributed by atoms with E-state index in [1.165, 1.54) is 24.8 Å². The summed E-state index contributed by atoms with van der Waals surface area (Å²) in [5, 5.41) is 4.32. The third-order valence-corrected chi connectivity index (χ3v) is 5.40. The Balaban J connectivity index is 2.20. The van der Waals surface area contributed by atoms with Crippen LogP contribution in [0.3, 0.4) is 0 Å². The van der Waals surface area contributed by atoms with Crippen LogP contribution in [-0.2, 0) is 11.2 Å². The number of nitrogens with one attached hydrogen (secondary N) is 1. The zero-order chi connectivity index (χ0) is 15.3. The van der Waals surface area contributed by atoms with Gasteiger partial charge in [0.15, 0.2) is 0 Å². The largest absolute Gasteiger partial charge is 0.374 e. The Morgan fingerprint density at radius 1 is 1.33 bits per heavy atom. The first-order chi connectivity index (χ1) is 10.1. The van der Waals surface area contributed by atoms with Crippen molar-refractivity contribution < 1.29 is 4.74 Å². The molecule has 0 saturated heterocycles. The van der Waals surface area contributed by atoms with Gasteiger partial charge >= 0.3 is 0 Å². The third-order valence-electron chi connectivity index (χ3n) is 4.55. The summed E-state index contributed by atoms with van der Waals surface area (Å²) >= 11 is 9.86. The average molecular weight is 375 g/mol. The minimum Gasteiger partial charge on any atom is -0.374 e. The van der Waals surface area contributed by atoms with Crippen molar-refractivity contribution >= 4 is 27.5 Å². The fourth-order valence-electron chi connectivity index (χ4n) is 3.49. The minimum absolute atomic E-state index is 0.0435. The molecular weight excluding hydrogens is 350 g/mol. The van der Waals surface area contributed by atoms with E-state index in [0.29, 0.717) is 6.04 Å². The van der Waals surface area contributed by atoms with Crippen molar-refractivity contribution in [1.29, 1.82) is 0 Å². The van der Waals surface area contributed by atoms with Crippen molar-refractivity contribution in [2.45, 2.75) is 57.1 Å². The van der Waals surface area contributed by atoms with Crippen LogP contribution in [0.2, 0.25) is 5.02 Å². The first-order valence-corrected chi connectivity index (χ1v) is 9.03. The lowest BCUT2D eigenvalue weighted by atomic mass is 9.77. The lowest BCUT2D eigenvalue weighted by Crippen LogP contribution is -2.53. The molecule has 1 N–H and O–H groups in total. The Morgan fingerprint density at radius 3 is 2.62 bits per heavy atom. The molecule has 4 heteroatoms. The Kier molecular flexibility index (Phi) is 6.54. The lowest BCUT2D eigenvalue weighted by Gasteiger charge is -2.43. The molecule has 0 bridgehead atoms. The molecule has 0 spiro atoms. The Hall–Kier alpha value is -0.0900. The van der Waals surface area contributed by atoms with E-state index in [9.17, 15) is 0 Å². The molecule has 21 heavy (non-hydrogen) atoms. The molecule has 1 aliphatic rings. The highest BCUT2D eigenvalue weighted by Crippen LogP contribution is 2.36. The van der Waals surface area contributed by atoms with E-state index >= 15 is 0 Å². The average Bonchev–Trinajstić information content (AvgIpc) is 2.47. The second-order valence-corrected chi connectivity index (χ2v) is 7.16. The molecule has 0 amide bonds. The van der Waals surface area contributed by atoms with Gasteiger partial charge in [0.1, 0.15) is 0 Å². The minimum atomic E-state index is -0.0435. The molecule has 2 nitrogen and oxygen atoms in total. The monoisotopic (exact) mass is 373 g/mol. The number of benzene rings is 1. The Labute approximate surface area is 141 Å². The van der Waals surface area contributed by atoms with Crippen LogP contribution in [0.5, 0.6) is 0 Å². The van der Waals surface area contributed by atoms with Crippen molar-refractivity contribution in [2.24, 2.45) is 0 Å². The maximum absolute atomic E-state index is 6.39. The summed E-state index contributed by atoms with van der Waals surface area (Å²) in [4.78, 5) is 0. The molecule has 1 unspecified atom stereocenters. The second-order valence-electron chi connectivity index (χ2n) is 5.84. The van der Waals surface area contributed by atoms with E-state index in [4.69, 9.17) is 16.3 Å². The molecule has 1 atom stereocenters. The number of rotatable bonds is 6. The normalized spacial score (nSPS) is 19.4. The maximum atomic E-state index is 6.39. The van der Waals surface area contributed by atoms with Crippen LogP contribution in [-0.4, -0.2) is 25.3 Å². The molecule has 118 valence electrons. The van der Waals surface area contributed by atoms with Gasteiger partial charge in [-0.1, -0.05) is 52.9 Å². The van der Waals surface area contributed by atoms with Crippen molar-refractivity contribution in [3.63, 3.8) is 0 Å². The highest BCUT2D eigenvalue weighted by Gasteiger charge is 2.40. The van der Waals surface area contributed by atoms with Crippen LogP contribution in [0.15, 0.2) is 22.7 Å². The van der Waals surface area contributed by atoms with Crippen LogP contribution in [0, 0.1) is 0 Å². The predicted molar refractivity (Wildman–Crippen MR) is 93.1 cm³/mol. The van der Waals surface area contributed by atoms with Gasteiger partial charge < -0.3 is 10.1 Å². The van der Waals surface area contributed by atoms with Crippen molar-refractivity contribution in [1.82, 2.24) is 5.32 Å². The summed E-state index contributed by atoms with van der Waals surface area (Å²) in [6, 6.07) is 6.44. The number of hydrogen-bond acceptors (Lipinski definition) is 2. The number of hydrogen-bond donors (Lipinski definition) is 1. The third kappa shape index (κ3) is 4.22. The van der Waals surface area contributed by atoms with Crippen LogP contribution < -0.4 is 5.32 Å². The van der Waals surface area contributed by atoms with Gasteiger partial charge in [0.2, 0.25) is 0 Å². The molecule has 0 heterocycles. The summed E-state index contributed by atoms with van der Waals surface area (Å²) in [5.41, 5.74) is 1.14. The van der Waals surface area contributed by atoms with Gasteiger partial charge in [0, 0.05) is 22.1 Å². The van der Waals surface area contributed by atoms with Gasteiger partial charge in [-0.15, -0.1) is 0 Å². The smallest absolute Gasteiger partial charge is 0.0837 e. The van der Waals surface area contributed by atoms with E-state index in [1.807, 2.05) is 13.1 Å². The van der Waals surface area contributed by atoms with Crippen molar-refractivity contribution in [3.05, 3.63) is 33.3 Å². The molecule has 1 fully saturated rings. The van der Waals surface area contributed by atoms with Crippen molar-refractivity contribution in [2.75, 3.05) is 13.7 Å². The Morgan fingerprint density at radius 2 is 2.05 bits per heavy atom. The van der Waals surface area contributed by atoms with Crippen LogP contribution in [0.25, 0.3) is 0 Å². The van der Waals surface area contributed by atoms with Crippen LogP contribution in [0.1, 0.15) is 44.6 Å². The molecule has 1 saturated carbocycles. The van der Waals surface area contributed by atoms with Crippen LogP contribution in [0.4, 0.5) is 0 Å². The van der Waals surface area contributed by atoms with Gasteiger partial charge in [-0.2, -0.15) is 0 Å². The maximum Gasteiger partial charge on any atom is 0.0837 e. The van der Waals surface area contributed by atoms with Gasteiger partial charge in [-0.25, -0.2) is 0 Å². The fraction of sp³-hybridized carbons (Fsp3) is 0.647.